The van der Waals surface area contributed by atoms with Crippen LogP contribution >= 0.6 is 0 Å². The Morgan fingerprint density at radius 3 is 1.43 bits per heavy atom. The summed E-state index contributed by atoms with van der Waals surface area (Å²) in [5, 5.41) is 0. The van der Waals surface area contributed by atoms with E-state index < -0.39 is 0 Å². The van der Waals surface area contributed by atoms with Crippen LogP contribution < -0.4 is 0 Å². The smallest absolute Gasteiger partial charge is 0.0432 e. The maximum absolute atomic E-state index is 4.45. The van der Waals surface area contributed by atoms with Crippen LogP contribution in [0.1, 0.15) is 48.5 Å². The number of nitrogens with zero attached hydrogens (tertiary/aromatic N) is 1. The lowest BCUT2D eigenvalue weighted by Gasteiger charge is -2.31. The van der Waals surface area contributed by atoms with Crippen LogP contribution in [0.2, 0.25) is 0 Å². The number of hydrogen-bond donors (Lipinski definition) is 0. The molecule has 0 aromatic rings. The van der Waals surface area contributed by atoms with E-state index >= 15 is 0 Å². The normalized spacial score (nSPS) is 16.0. The highest BCUT2D eigenvalue weighted by Gasteiger charge is 2.28. The van der Waals surface area contributed by atoms with Gasteiger partial charge in [0.25, 0.3) is 0 Å². The summed E-state index contributed by atoms with van der Waals surface area (Å²) in [6.45, 7) is 15.4. The Bertz CT molecular complexity index is 215. The van der Waals surface area contributed by atoms with Crippen LogP contribution in [0, 0.1) is 10.8 Å². The lowest BCUT2D eigenvalue weighted by atomic mass is 9.75. The average Bonchev–Trinajstić information content (AvgIpc) is 1.94. The third-order valence-electron chi connectivity index (χ3n) is 2.29. The molecule has 0 aliphatic carbocycles. The molecule has 0 N–H and O–H groups in total. The Balaban J connectivity index is 5.27. The molecule has 0 aromatic heterocycles. The van der Waals surface area contributed by atoms with Gasteiger partial charge in [-0.05, 0) is 17.9 Å². The second-order valence-corrected chi connectivity index (χ2v) is 5.77. The van der Waals surface area contributed by atoms with E-state index in [1.54, 1.807) is 0 Å². The molecule has 14 heavy (non-hydrogen) atoms. The zero-order valence-electron chi connectivity index (χ0n) is 11.0. The molecule has 0 amide bonds. The molecule has 0 radical (unpaired) electrons. The Labute approximate surface area is 89.3 Å². The molecule has 1 heteroatoms. The van der Waals surface area contributed by atoms with Crippen molar-refractivity contribution in [2.45, 2.75) is 48.5 Å². The zero-order valence-corrected chi connectivity index (χ0v) is 11.0. The Morgan fingerprint density at radius 2 is 1.36 bits per heavy atom. The zero-order chi connectivity index (χ0) is 11.6. The van der Waals surface area contributed by atoms with Crippen molar-refractivity contribution in [1.29, 1.82) is 0 Å². The first-order valence-corrected chi connectivity index (χ1v) is 5.29. The van der Waals surface area contributed by atoms with Crippen LogP contribution in [0.4, 0.5) is 0 Å². The standard InChI is InChI=1S/C13H25N/c1-9-10(12(2,3)4)11(14-8)13(5,6)7/h9H,1-8H3/b10-9+,14-11+. The first kappa shape index (κ1) is 13.4. The van der Waals surface area contributed by atoms with Gasteiger partial charge >= 0.3 is 0 Å². The highest BCUT2D eigenvalue weighted by molar-refractivity contribution is 6.04. The fourth-order valence-electron chi connectivity index (χ4n) is 1.78. The van der Waals surface area contributed by atoms with E-state index in [4.69, 9.17) is 0 Å². The molecule has 0 fully saturated rings. The predicted molar refractivity (Wildman–Crippen MR) is 66.0 cm³/mol. The van der Waals surface area contributed by atoms with Gasteiger partial charge < -0.3 is 0 Å². The van der Waals surface area contributed by atoms with Gasteiger partial charge in [0.05, 0.1) is 0 Å². The highest BCUT2D eigenvalue weighted by atomic mass is 14.7. The van der Waals surface area contributed by atoms with Gasteiger partial charge in [-0.3, -0.25) is 4.99 Å². The summed E-state index contributed by atoms with van der Waals surface area (Å²) in [5.74, 6) is 0. The molecule has 0 atom stereocenters. The van der Waals surface area contributed by atoms with Crippen LogP contribution in [-0.4, -0.2) is 12.8 Å². The molecule has 0 spiro atoms. The third-order valence-corrected chi connectivity index (χ3v) is 2.29. The van der Waals surface area contributed by atoms with Crippen LogP contribution in [0.5, 0.6) is 0 Å². The molecule has 0 bridgehead atoms. The third kappa shape index (κ3) is 3.28. The van der Waals surface area contributed by atoms with Crippen molar-refractivity contribution in [3.05, 3.63) is 11.6 Å². The van der Waals surface area contributed by atoms with Gasteiger partial charge in [0.2, 0.25) is 0 Å². The second-order valence-electron chi connectivity index (χ2n) is 5.77. The van der Waals surface area contributed by atoms with Crippen molar-refractivity contribution in [3.63, 3.8) is 0 Å². The first-order chi connectivity index (χ1) is 6.14. The van der Waals surface area contributed by atoms with Gasteiger partial charge in [0.1, 0.15) is 0 Å². The summed E-state index contributed by atoms with van der Waals surface area (Å²) < 4.78 is 0. The van der Waals surface area contributed by atoms with Gasteiger partial charge in [0.15, 0.2) is 0 Å². The molecule has 0 unspecified atom stereocenters. The molecular weight excluding hydrogens is 170 g/mol. The minimum absolute atomic E-state index is 0.129. The number of hydrogen-bond acceptors (Lipinski definition) is 1. The van der Waals surface area contributed by atoms with Crippen LogP contribution in [0.25, 0.3) is 0 Å². The topological polar surface area (TPSA) is 12.4 Å². The van der Waals surface area contributed by atoms with E-state index in [2.05, 4.69) is 59.5 Å². The first-order valence-electron chi connectivity index (χ1n) is 5.29. The van der Waals surface area contributed by atoms with E-state index in [1.165, 1.54) is 11.3 Å². The summed E-state index contributed by atoms with van der Waals surface area (Å²) in [6.07, 6.45) is 2.19. The number of rotatable bonds is 1. The van der Waals surface area contributed by atoms with Gasteiger partial charge in [0, 0.05) is 18.2 Å². The van der Waals surface area contributed by atoms with E-state index in [0.29, 0.717) is 0 Å². The van der Waals surface area contributed by atoms with Gasteiger partial charge in [-0.25, -0.2) is 0 Å². The molecule has 0 saturated heterocycles. The van der Waals surface area contributed by atoms with E-state index in [0.717, 1.165) is 0 Å². The van der Waals surface area contributed by atoms with Crippen molar-refractivity contribution in [2.75, 3.05) is 7.05 Å². The van der Waals surface area contributed by atoms with Gasteiger partial charge in [-0.1, -0.05) is 47.6 Å². The monoisotopic (exact) mass is 195 g/mol. The van der Waals surface area contributed by atoms with Crippen molar-refractivity contribution < 1.29 is 0 Å². The lowest BCUT2D eigenvalue weighted by molar-refractivity contribution is 0.500. The van der Waals surface area contributed by atoms with Crippen molar-refractivity contribution in [3.8, 4) is 0 Å². The fourth-order valence-corrected chi connectivity index (χ4v) is 1.78. The van der Waals surface area contributed by atoms with Crippen LogP contribution in [0.3, 0.4) is 0 Å². The highest BCUT2D eigenvalue weighted by Crippen LogP contribution is 2.33. The maximum atomic E-state index is 4.45. The molecule has 0 rings (SSSR count). The fraction of sp³-hybridized carbons (Fsp3) is 0.769. The predicted octanol–water partition coefficient (Wildman–Crippen LogP) is 4.10. The number of aliphatic imine (C=N–C) groups is 1. The van der Waals surface area contributed by atoms with Crippen molar-refractivity contribution >= 4 is 5.71 Å². The molecule has 1 nitrogen and oxygen atoms in total. The molecule has 0 aliphatic rings. The molecular formula is C13H25N. The average molecular weight is 195 g/mol. The summed E-state index contributed by atoms with van der Waals surface area (Å²) in [7, 11) is 1.88. The van der Waals surface area contributed by atoms with E-state index in [9.17, 15) is 0 Å². The Morgan fingerprint density at radius 1 is 0.929 bits per heavy atom. The molecule has 82 valence electrons. The van der Waals surface area contributed by atoms with Gasteiger partial charge in [-0.2, -0.15) is 0 Å². The summed E-state index contributed by atoms with van der Waals surface area (Å²) in [4.78, 5) is 4.45. The SMILES string of the molecule is C/C=C(\C(=N/C)C(C)(C)C)C(C)(C)C. The van der Waals surface area contributed by atoms with Crippen LogP contribution in [0.15, 0.2) is 16.6 Å². The minimum atomic E-state index is 0.129. The van der Waals surface area contributed by atoms with Crippen molar-refractivity contribution in [2.24, 2.45) is 15.8 Å². The van der Waals surface area contributed by atoms with Crippen molar-refractivity contribution in [1.82, 2.24) is 0 Å². The quantitative estimate of drug-likeness (QED) is 0.559. The largest absolute Gasteiger partial charge is 0.292 e. The molecule has 0 aliphatic heterocycles. The molecule has 0 heterocycles. The van der Waals surface area contributed by atoms with Gasteiger partial charge in [-0.15, -0.1) is 0 Å². The lowest BCUT2D eigenvalue weighted by Crippen LogP contribution is -2.28. The number of allylic oxidation sites excluding steroid dienone is 2. The minimum Gasteiger partial charge on any atom is -0.292 e. The summed E-state index contributed by atoms with van der Waals surface area (Å²) in [5.41, 5.74) is 2.88. The summed E-state index contributed by atoms with van der Waals surface area (Å²) in [6, 6.07) is 0. The van der Waals surface area contributed by atoms with E-state index in [1.807, 2.05) is 7.05 Å². The Hall–Kier alpha value is -0.590. The Kier molecular flexibility index (Phi) is 4.11. The molecule has 0 saturated carbocycles. The van der Waals surface area contributed by atoms with E-state index in [-0.39, 0.29) is 10.8 Å². The summed E-state index contributed by atoms with van der Waals surface area (Å²) >= 11 is 0. The maximum Gasteiger partial charge on any atom is 0.0432 e. The second kappa shape index (κ2) is 4.29. The molecule has 0 aromatic carbocycles. The van der Waals surface area contributed by atoms with Crippen LogP contribution in [-0.2, 0) is 0 Å².